The maximum Gasteiger partial charge on any atom is 0.322 e. The lowest BCUT2D eigenvalue weighted by molar-refractivity contribution is -0.138. The van der Waals surface area contributed by atoms with E-state index in [9.17, 15) is 18.3 Å². The number of carboxylic acid groups (broad SMARTS) is 1. The molecule has 2 heterocycles. The summed E-state index contributed by atoms with van der Waals surface area (Å²) in [6, 6.07) is 14.8. The Kier molecular flexibility index (Phi) is 6.75. The molecule has 2 aromatic carbocycles. The van der Waals surface area contributed by atoms with Crippen LogP contribution < -0.4 is 9.46 Å². The fourth-order valence-corrected chi connectivity index (χ4v) is 5.77. The van der Waals surface area contributed by atoms with Gasteiger partial charge in [0.2, 0.25) is 0 Å². The molecule has 0 aliphatic rings. The number of benzene rings is 2. The van der Waals surface area contributed by atoms with Crippen molar-refractivity contribution in [3.05, 3.63) is 82.4 Å². The van der Waals surface area contributed by atoms with Crippen molar-refractivity contribution in [2.75, 3.05) is 7.11 Å². The fraction of sp³-hybridized carbons (Fsp3) is 0.160. The average molecular weight is 495 g/mol. The summed E-state index contributed by atoms with van der Waals surface area (Å²) in [6.07, 6.45) is 1.64. The minimum Gasteiger partial charge on any atom is -0.497 e. The summed E-state index contributed by atoms with van der Waals surface area (Å²) in [5.74, 6) is 5.32. The van der Waals surface area contributed by atoms with E-state index in [1.54, 1.807) is 31.5 Å². The largest absolute Gasteiger partial charge is 0.497 e. The molecule has 0 aliphatic heterocycles. The number of aromatic amines is 1. The van der Waals surface area contributed by atoms with Crippen molar-refractivity contribution in [2.24, 2.45) is 0 Å². The Hall–Kier alpha value is -3.58. The van der Waals surface area contributed by atoms with Crippen LogP contribution in [0.3, 0.4) is 0 Å². The molecule has 0 bridgehead atoms. The van der Waals surface area contributed by atoms with Crippen molar-refractivity contribution in [1.82, 2.24) is 9.71 Å². The first-order chi connectivity index (χ1) is 16.2. The van der Waals surface area contributed by atoms with Gasteiger partial charge >= 0.3 is 5.97 Å². The highest BCUT2D eigenvalue weighted by Crippen LogP contribution is 2.26. The number of carbonyl (C=O) groups is 1. The first-order valence-corrected chi connectivity index (χ1v) is 12.6. The van der Waals surface area contributed by atoms with E-state index < -0.39 is 22.0 Å². The van der Waals surface area contributed by atoms with Crippen LogP contribution in [0.25, 0.3) is 10.9 Å². The van der Waals surface area contributed by atoms with Crippen LogP contribution in [0.4, 0.5) is 0 Å². The number of ether oxygens (including phenoxy) is 1. The number of carboxylic acids is 1. The van der Waals surface area contributed by atoms with Crippen molar-refractivity contribution < 1.29 is 23.1 Å². The van der Waals surface area contributed by atoms with Gasteiger partial charge in [-0.15, -0.1) is 11.3 Å². The predicted molar refractivity (Wildman–Crippen MR) is 132 cm³/mol. The highest BCUT2D eigenvalue weighted by Gasteiger charge is 2.27. The van der Waals surface area contributed by atoms with Crippen LogP contribution in [-0.2, 0) is 21.2 Å². The molecule has 9 heteroatoms. The van der Waals surface area contributed by atoms with E-state index in [-0.39, 0.29) is 10.6 Å². The summed E-state index contributed by atoms with van der Waals surface area (Å²) >= 11 is 0.992. The number of hydrogen-bond donors (Lipinski definition) is 3. The molecule has 1 atom stereocenters. The van der Waals surface area contributed by atoms with Gasteiger partial charge in [-0.25, -0.2) is 8.42 Å². The van der Waals surface area contributed by atoms with Crippen LogP contribution in [0.2, 0.25) is 0 Å². The first-order valence-electron chi connectivity index (χ1n) is 10.3. The Morgan fingerprint density at radius 3 is 2.62 bits per heavy atom. The van der Waals surface area contributed by atoms with Crippen LogP contribution in [0.1, 0.15) is 21.6 Å². The van der Waals surface area contributed by atoms with E-state index in [1.165, 1.54) is 6.07 Å². The van der Waals surface area contributed by atoms with Gasteiger partial charge in [-0.1, -0.05) is 29.5 Å². The number of aromatic nitrogens is 1. The Morgan fingerprint density at radius 1 is 1.15 bits per heavy atom. The number of hydrogen-bond acceptors (Lipinski definition) is 5. The fourth-order valence-electron chi connectivity index (χ4n) is 3.40. The van der Waals surface area contributed by atoms with E-state index in [2.05, 4.69) is 21.5 Å². The van der Waals surface area contributed by atoms with Crippen molar-refractivity contribution >= 4 is 38.2 Å². The van der Waals surface area contributed by atoms with Crippen molar-refractivity contribution in [3.8, 4) is 17.6 Å². The number of nitrogens with one attached hydrogen (secondary N) is 2. The monoisotopic (exact) mass is 494 g/mol. The lowest BCUT2D eigenvalue weighted by Gasteiger charge is -2.14. The number of sulfonamides is 1. The Morgan fingerprint density at radius 2 is 1.91 bits per heavy atom. The quantitative estimate of drug-likeness (QED) is 0.338. The maximum atomic E-state index is 12.9. The standard InChI is InChI=1S/C25H22N2O5S2/c1-16-3-5-17(6-4-16)7-9-20-10-12-24(33-20)34(30,31)27-23(25(28)29)13-18-15-26-22-11-8-19(32-2)14-21(18)22/h3-6,8,10-12,14-15,23,26-27H,13H2,1-2H3,(H,28,29)/t23-/m1/s1. The zero-order valence-corrected chi connectivity index (χ0v) is 20.1. The SMILES string of the molecule is COc1ccc2[nH]cc(C[C@@H](NS(=O)(=O)c3ccc(C#Cc4ccc(C)cc4)s3)C(=O)O)c2c1. The second-order valence-corrected chi connectivity index (χ2v) is 10.7. The van der Waals surface area contributed by atoms with Crippen molar-refractivity contribution in [1.29, 1.82) is 0 Å². The zero-order valence-electron chi connectivity index (χ0n) is 18.5. The molecule has 34 heavy (non-hydrogen) atoms. The Bertz CT molecular complexity index is 1510. The lowest BCUT2D eigenvalue weighted by Crippen LogP contribution is -2.41. The molecule has 0 saturated heterocycles. The highest BCUT2D eigenvalue weighted by atomic mass is 32.2. The van der Waals surface area contributed by atoms with Crippen molar-refractivity contribution in [2.45, 2.75) is 23.6 Å². The minimum atomic E-state index is -4.06. The van der Waals surface area contributed by atoms with Crippen LogP contribution in [0.5, 0.6) is 5.75 Å². The van der Waals surface area contributed by atoms with Gasteiger partial charge in [-0.2, -0.15) is 4.72 Å². The third kappa shape index (κ3) is 5.31. The number of fused-ring (bicyclic) bond motifs is 1. The summed E-state index contributed by atoms with van der Waals surface area (Å²) in [4.78, 5) is 15.5. The van der Waals surface area contributed by atoms with Crippen LogP contribution in [0.15, 0.2) is 65.0 Å². The van der Waals surface area contributed by atoms with Crippen LogP contribution in [-0.4, -0.2) is 37.6 Å². The number of thiophene rings is 1. The van der Waals surface area contributed by atoms with Crippen LogP contribution in [0, 0.1) is 18.8 Å². The molecule has 3 N–H and O–H groups in total. The van der Waals surface area contributed by atoms with Crippen LogP contribution >= 0.6 is 11.3 Å². The number of aliphatic carboxylic acids is 1. The molecule has 0 radical (unpaired) electrons. The highest BCUT2D eigenvalue weighted by molar-refractivity contribution is 7.91. The molecule has 174 valence electrons. The van der Waals surface area contributed by atoms with E-state index >= 15 is 0 Å². The number of aryl methyl sites for hydroxylation is 1. The number of methoxy groups -OCH3 is 1. The van der Waals surface area contributed by atoms with E-state index in [0.29, 0.717) is 16.2 Å². The molecule has 2 aromatic heterocycles. The van der Waals surface area contributed by atoms with Gasteiger partial charge in [0.1, 0.15) is 16.0 Å². The van der Waals surface area contributed by atoms with E-state index in [1.807, 2.05) is 37.3 Å². The Balaban J connectivity index is 1.53. The molecule has 0 spiro atoms. The smallest absolute Gasteiger partial charge is 0.322 e. The van der Waals surface area contributed by atoms with Crippen molar-refractivity contribution in [3.63, 3.8) is 0 Å². The molecule has 0 saturated carbocycles. The Labute approximate surface area is 201 Å². The van der Waals surface area contributed by atoms with Gasteiger partial charge in [-0.05, 0) is 55.0 Å². The van der Waals surface area contributed by atoms with Gasteiger partial charge in [0, 0.05) is 29.1 Å². The summed E-state index contributed by atoms with van der Waals surface area (Å²) in [5, 5.41) is 10.5. The summed E-state index contributed by atoms with van der Waals surface area (Å²) < 4.78 is 33.4. The molecule has 4 aromatic rings. The average Bonchev–Trinajstić information content (AvgIpc) is 3.45. The van der Waals surface area contributed by atoms with Gasteiger partial charge < -0.3 is 14.8 Å². The van der Waals surface area contributed by atoms with Gasteiger partial charge in [0.15, 0.2) is 0 Å². The third-order valence-corrected chi connectivity index (χ3v) is 8.19. The normalized spacial score (nSPS) is 12.2. The van der Waals surface area contributed by atoms with E-state index in [4.69, 9.17) is 4.74 Å². The zero-order chi connectivity index (χ0) is 24.3. The minimum absolute atomic E-state index is 0.00699. The summed E-state index contributed by atoms with van der Waals surface area (Å²) in [5.41, 5.74) is 3.42. The molecule has 0 amide bonds. The molecule has 0 fully saturated rings. The van der Waals surface area contributed by atoms with Gasteiger partial charge in [0.25, 0.3) is 10.0 Å². The second kappa shape index (κ2) is 9.73. The molecule has 7 nitrogen and oxygen atoms in total. The molecular weight excluding hydrogens is 472 g/mol. The molecular formula is C25H22N2O5S2. The summed E-state index contributed by atoms with van der Waals surface area (Å²) in [6.45, 7) is 1.99. The molecule has 4 rings (SSSR count). The van der Waals surface area contributed by atoms with Gasteiger partial charge in [-0.3, -0.25) is 4.79 Å². The first kappa shape index (κ1) is 23.6. The second-order valence-electron chi connectivity index (χ2n) is 7.68. The third-order valence-electron chi connectivity index (χ3n) is 5.22. The van der Waals surface area contributed by atoms with E-state index in [0.717, 1.165) is 33.4 Å². The molecule has 0 aliphatic carbocycles. The topological polar surface area (TPSA) is 108 Å². The number of rotatable bonds is 7. The number of H-pyrrole nitrogens is 1. The summed E-state index contributed by atoms with van der Waals surface area (Å²) in [7, 11) is -2.51. The van der Waals surface area contributed by atoms with Gasteiger partial charge in [0.05, 0.1) is 12.0 Å². The predicted octanol–water partition coefficient (Wildman–Crippen LogP) is 3.92. The lowest BCUT2D eigenvalue weighted by atomic mass is 10.1. The molecule has 0 unspecified atom stereocenters. The maximum absolute atomic E-state index is 12.9.